The second-order valence-electron chi connectivity index (χ2n) is 7.76. The molecule has 5 rings (SSSR count). The van der Waals surface area contributed by atoms with Gasteiger partial charge in [-0.2, -0.15) is 0 Å². The molecule has 35 heavy (non-hydrogen) atoms. The Kier molecular flexibility index (Phi) is 6.68. The van der Waals surface area contributed by atoms with E-state index in [4.69, 9.17) is 4.98 Å². The van der Waals surface area contributed by atoms with Crippen molar-refractivity contribution in [1.29, 1.82) is 0 Å². The van der Waals surface area contributed by atoms with Crippen LogP contribution in [0.1, 0.15) is 31.8 Å². The van der Waals surface area contributed by atoms with Gasteiger partial charge in [-0.1, -0.05) is 12.1 Å². The van der Waals surface area contributed by atoms with Gasteiger partial charge in [0.05, 0.1) is 20.4 Å². The van der Waals surface area contributed by atoms with Crippen LogP contribution in [-0.2, 0) is 0 Å². The molecule has 0 aliphatic heterocycles. The largest absolute Gasteiger partial charge is 0.488 e. The van der Waals surface area contributed by atoms with Crippen LogP contribution in [0.3, 0.4) is 0 Å². The Hall–Kier alpha value is -3.09. The van der Waals surface area contributed by atoms with Gasteiger partial charge in [-0.05, 0) is 76.9 Å². The van der Waals surface area contributed by atoms with Crippen LogP contribution in [0.2, 0.25) is 0 Å². The first kappa shape index (κ1) is 23.6. The number of thiophene rings is 1. The number of aromatic amines is 1. The van der Waals surface area contributed by atoms with Crippen LogP contribution < -0.4 is 10.8 Å². The quantitative estimate of drug-likeness (QED) is 0.224. The molecular weight excluding hydrogens is 547 g/mol. The lowest BCUT2D eigenvalue weighted by Gasteiger charge is -2.06. The predicted molar refractivity (Wildman–Crippen MR) is 146 cm³/mol. The van der Waals surface area contributed by atoms with E-state index in [-0.39, 0.29) is 5.91 Å². The number of hydrogen-bond acceptors (Lipinski definition) is 7. The van der Waals surface area contributed by atoms with E-state index in [0.717, 1.165) is 36.0 Å². The van der Waals surface area contributed by atoms with Crippen LogP contribution >= 0.6 is 38.6 Å². The van der Waals surface area contributed by atoms with Crippen molar-refractivity contribution in [2.75, 3.05) is 5.32 Å². The molecule has 0 aliphatic carbocycles. The Morgan fingerprint density at radius 2 is 1.91 bits per heavy atom. The predicted octanol–water partition coefficient (Wildman–Crippen LogP) is 4.67. The molecule has 3 heterocycles. The lowest BCUT2D eigenvalue weighted by Crippen LogP contribution is -2.29. The Balaban J connectivity index is 1.45. The number of carbonyl (C=O) groups is 1. The van der Waals surface area contributed by atoms with Gasteiger partial charge in [-0.15, -0.1) is 22.7 Å². The third-order valence-corrected chi connectivity index (χ3v) is 7.76. The number of benzene rings is 2. The topological polar surface area (TPSA) is 111 Å². The number of hydrogen-bond donors (Lipinski definition) is 4. The molecule has 0 aliphatic rings. The number of anilines is 1. The zero-order valence-corrected chi connectivity index (χ0v) is 21.5. The molecule has 1 amide bonds. The third kappa shape index (κ3) is 5.29. The summed E-state index contributed by atoms with van der Waals surface area (Å²) in [5, 5.41) is 24.2. The fraction of sp³-hybridized carbons (Fsp3) is 0.0417. The highest BCUT2D eigenvalue weighted by Crippen LogP contribution is 2.32. The fourth-order valence-corrected chi connectivity index (χ4v) is 5.66. The summed E-state index contributed by atoms with van der Waals surface area (Å²) in [6.07, 6.45) is 2.07. The fourth-order valence-electron chi connectivity index (χ4n) is 3.48. The Bertz CT molecular complexity index is 1560. The number of H-pyrrole nitrogens is 1. The maximum Gasteiger partial charge on any atom is 0.488 e. The zero-order valence-electron chi connectivity index (χ0n) is 18.3. The number of halogens is 1. The number of nitrogens with zero attached hydrogens (tertiary/aromatic N) is 2. The second-order valence-corrected chi connectivity index (χ2v) is 11.1. The Morgan fingerprint density at radius 1 is 1.11 bits per heavy atom. The standard InChI is InChI=1S/C24H18BBrN4O3S2/c1-13-12-34-24(27-13)18(11-17-7-9-21(26)35-17)22-29-19-8-6-16(10-20(19)30-22)28-23(31)14-2-4-15(5-3-14)25(32)33/h2-12,32-33H,1H3,(H,28,31)(H,29,30)/b18-11-. The van der Waals surface area contributed by atoms with Crippen LogP contribution in [-0.4, -0.2) is 38.0 Å². The lowest BCUT2D eigenvalue weighted by molar-refractivity contribution is 0.102. The first-order chi connectivity index (χ1) is 16.9. The summed E-state index contributed by atoms with van der Waals surface area (Å²) in [6.45, 7) is 1.96. The molecule has 7 nitrogen and oxygen atoms in total. The summed E-state index contributed by atoms with van der Waals surface area (Å²) in [7, 11) is -1.57. The van der Waals surface area contributed by atoms with Gasteiger partial charge in [0.25, 0.3) is 5.91 Å². The van der Waals surface area contributed by atoms with Gasteiger partial charge in [0.2, 0.25) is 0 Å². The number of fused-ring (bicyclic) bond motifs is 1. The van der Waals surface area contributed by atoms with Crippen molar-refractivity contribution in [3.8, 4) is 0 Å². The molecule has 3 aromatic heterocycles. The molecular formula is C24H18BBrN4O3S2. The maximum atomic E-state index is 12.7. The summed E-state index contributed by atoms with van der Waals surface area (Å²) < 4.78 is 1.05. The summed E-state index contributed by atoms with van der Waals surface area (Å²) >= 11 is 6.71. The van der Waals surface area contributed by atoms with Crippen LogP contribution in [0.4, 0.5) is 5.69 Å². The Morgan fingerprint density at radius 3 is 2.57 bits per heavy atom. The van der Waals surface area contributed by atoms with Gasteiger partial charge >= 0.3 is 7.12 Å². The van der Waals surface area contributed by atoms with E-state index in [1.54, 1.807) is 40.9 Å². The van der Waals surface area contributed by atoms with Gasteiger partial charge in [-0.25, -0.2) is 9.97 Å². The second kappa shape index (κ2) is 9.88. The molecule has 174 valence electrons. The molecule has 11 heteroatoms. The lowest BCUT2D eigenvalue weighted by atomic mass is 9.80. The van der Waals surface area contributed by atoms with E-state index in [9.17, 15) is 14.8 Å². The van der Waals surface area contributed by atoms with Gasteiger partial charge in [0, 0.05) is 27.2 Å². The molecule has 2 aromatic carbocycles. The number of imidazole rings is 1. The number of rotatable bonds is 6. The molecule has 0 saturated carbocycles. The smallest absolute Gasteiger partial charge is 0.423 e. The van der Waals surface area contributed by atoms with E-state index in [1.807, 2.05) is 36.6 Å². The van der Waals surface area contributed by atoms with E-state index >= 15 is 0 Å². The minimum Gasteiger partial charge on any atom is -0.423 e. The summed E-state index contributed by atoms with van der Waals surface area (Å²) in [4.78, 5) is 26.6. The minimum atomic E-state index is -1.57. The number of aromatic nitrogens is 3. The first-order valence-corrected chi connectivity index (χ1v) is 13.0. The molecule has 0 atom stereocenters. The van der Waals surface area contributed by atoms with Crippen LogP contribution in [0.15, 0.2) is 63.8 Å². The molecule has 0 saturated heterocycles. The van der Waals surface area contributed by atoms with Crippen molar-refractivity contribution < 1.29 is 14.8 Å². The molecule has 4 N–H and O–H groups in total. The summed E-state index contributed by atoms with van der Waals surface area (Å²) in [5.41, 5.74) is 4.74. The van der Waals surface area contributed by atoms with Gasteiger partial charge in [0.1, 0.15) is 10.8 Å². The molecule has 0 fully saturated rings. The number of amides is 1. The van der Waals surface area contributed by atoms with Crippen molar-refractivity contribution in [2.45, 2.75) is 6.92 Å². The highest BCUT2D eigenvalue weighted by atomic mass is 79.9. The molecule has 0 bridgehead atoms. The first-order valence-electron chi connectivity index (χ1n) is 10.5. The Labute approximate surface area is 217 Å². The molecule has 0 spiro atoms. The van der Waals surface area contributed by atoms with Crippen LogP contribution in [0.5, 0.6) is 0 Å². The average Bonchev–Trinajstić information content (AvgIpc) is 3.57. The average molecular weight is 565 g/mol. The highest BCUT2D eigenvalue weighted by Gasteiger charge is 2.16. The van der Waals surface area contributed by atoms with Gasteiger partial charge < -0.3 is 20.3 Å². The van der Waals surface area contributed by atoms with Crippen molar-refractivity contribution in [2.24, 2.45) is 0 Å². The van der Waals surface area contributed by atoms with E-state index < -0.39 is 7.12 Å². The number of aryl methyl sites for hydroxylation is 1. The summed E-state index contributed by atoms with van der Waals surface area (Å²) in [5.74, 6) is 0.394. The maximum absolute atomic E-state index is 12.7. The van der Waals surface area contributed by atoms with Crippen LogP contribution in [0.25, 0.3) is 22.7 Å². The molecule has 0 unspecified atom stereocenters. The van der Waals surface area contributed by atoms with Gasteiger partial charge in [0.15, 0.2) is 0 Å². The normalized spacial score (nSPS) is 11.7. The number of thiazole rings is 1. The van der Waals surface area contributed by atoms with Crippen molar-refractivity contribution >= 4 is 85.5 Å². The molecule has 5 aromatic rings. The third-order valence-electron chi connectivity index (χ3n) is 5.20. The van der Waals surface area contributed by atoms with Crippen molar-refractivity contribution in [3.63, 3.8) is 0 Å². The van der Waals surface area contributed by atoms with E-state index in [2.05, 4.69) is 37.3 Å². The molecule has 0 radical (unpaired) electrons. The van der Waals surface area contributed by atoms with Gasteiger partial charge in [-0.3, -0.25) is 4.79 Å². The van der Waals surface area contributed by atoms with E-state index in [1.165, 1.54) is 12.1 Å². The van der Waals surface area contributed by atoms with Crippen molar-refractivity contribution in [1.82, 2.24) is 15.0 Å². The minimum absolute atomic E-state index is 0.301. The van der Waals surface area contributed by atoms with Crippen LogP contribution in [0, 0.1) is 6.92 Å². The zero-order chi connectivity index (χ0) is 24.5. The van der Waals surface area contributed by atoms with E-state index in [0.29, 0.717) is 22.5 Å². The summed E-state index contributed by atoms with van der Waals surface area (Å²) in [6, 6.07) is 15.6. The number of carbonyl (C=O) groups excluding carboxylic acids is 1. The monoisotopic (exact) mass is 564 g/mol. The SMILES string of the molecule is Cc1csc(/C(=C\c2ccc(Br)s2)c2nc3ccc(NC(=O)c4ccc(B(O)O)cc4)cc3[nH]2)n1. The van der Waals surface area contributed by atoms with Crippen molar-refractivity contribution in [3.05, 3.63) is 90.7 Å². The highest BCUT2D eigenvalue weighted by molar-refractivity contribution is 9.11. The number of nitrogens with one attached hydrogen (secondary N) is 2.